The lowest BCUT2D eigenvalue weighted by molar-refractivity contribution is -0.143. The fourth-order valence-electron chi connectivity index (χ4n) is 4.14. The molecular weight excluding hydrogens is 400 g/mol. The van der Waals surface area contributed by atoms with Gasteiger partial charge in [-0.3, -0.25) is 9.59 Å². The SMILES string of the molecule is C[C@H](NC(=O)[C@H]1OCC[C@H]1NC(=O)OCC1c2ccccc2-c2ccccc21)C(=O)O. The minimum absolute atomic E-state index is 0.0616. The second-order valence-corrected chi connectivity index (χ2v) is 7.72. The maximum Gasteiger partial charge on any atom is 0.407 e. The van der Waals surface area contributed by atoms with Gasteiger partial charge in [0.1, 0.15) is 12.6 Å². The summed E-state index contributed by atoms with van der Waals surface area (Å²) in [5.41, 5.74) is 4.50. The summed E-state index contributed by atoms with van der Waals surface area (Å²) in [6, 6.07) is 14.5. The molecule has 8 nitrogen and oxygen atoms in total. The Morgan fingerprint density at radius 1 is 1.10 bits per heavy atom. The number of carbonyl (C=O) groups excluding carboxylic acids is 2. The number of rotatable bonds is 6. The van der Waals surface area contributed by atoms with Crippen LogP contribution in [0.15, 0.2) is 48.5 Å². The van der Waals surface area contributed by atoms with Gasteiger partial charge < -0.3 is 25.2 Å². The van der Waals surface area contributed by atoms with Crippen LogP contribution in [0.3, 0.4) is 0 Å². The Hall–Kier alpha value is -3.39. The van der Waals surface area contributed by atoms with Gasteiger partial charge in [-0.2, -0.15) is 0 Å². The van der Waals surface area contributed by atoms with Crippen LogP contribution in [0.4, 0.5) is 4.79 Å². The molecule has 1 aliphatic carbocycles. The average molecular weight is 424 g/mol. The van der Waals surface area contributed by atoms with E-state index in [-0.39, 0.29) is 19.1 Å². The van der Waals surface area contributed by atoms with Crippen molar-refractivity contribution >= 4 is 18.0 Å². The largest absolute Gasteiger partial charge is 0.480 e. The second kappa shape index (κ2) is 8.77. The number of ether oxygens (including phenoxy) is 2. The first kappa shape index (κ1) is 20.9. The zero-order chi connectivity index (χ0) is 22.0. The van der Waals surface area contributed by atoms with E-state index in [9.17, 15) is 14.4 Å². The molecule has 0 aromatic heterocycles. The van der Waals surface area contributed by atoms with E-state index in [4.69, 9.17) is 14.6 Å². The van der Waals surface area contributed by atoms with Crippen LogP contribution in [0.25, 0.3) is 11.1 Å². The monoisotopic (exact) mass is 424 g/mol. The molecule has 3 N–H and O–H groups in total. The Labute approximate surface area is 179 Å². The third-order valence-corrected chi connectivity index (χ3v) is 5.73. The predicted octanol–water partition coefficient (Wildman–Crippen LogP) is 2.27. The summed E-state index contributed by atoms with van der Waals surface area (Å²) in [6.45, 7) is 1.82. The Morgan fingerprint density at radius 2 is 1.71 bits per heavy atom. The van der Waals surface area contributed by atoms with E-state index >= 15 is 0 Å². The molecule has 1 fully saturated rings. The van der Waals surface area contributed by atoms with Crippen molar-refractivity contribution in [3.05, 3.63) is 59.7 Å². The van der Waals surface area contributed by atoms with Gasteiger partial charge in [0.15, 0.2) is 6.10 Å². The van der Waals surface area contributed by atoms with Crippen LogP contribution in [-0.4, -0.2) is 54.5 Å². The first-order valence-electron chi connectivity index (χ1n) is 10.2. The molecule has 1 aliphatic heterocycles. The number of aliphatic carboxylic acids is 1. The fraction of sp³-hybridized carbons (Fsp3) is 0.348. The van der Waals surface area contributed by atoms with Gasteiger partial charge in [0, 0.05) is 12.5 Å². The Balaban J connectivity index is 1.37. The molecule has 3 atom stereocenters. The van der Waals surface area contributed by atoms with Gasteiger partial charge in [0.25, 0.3) is 5.91 Å². The molecule has 0 unspecified atom stereocenters. The van der Waals surface area contributed by atoms with E-state index < -0.39 is 36.2 Å². The molecule has 2 aromatic rings. The standard InChI is InChI=1S/C23H24N2O6/c1-13(22(27)28)24-21(26)20-19(10-11-30-20)25-23(29)31-12-18-16-8-4-2-6-14(16)15-7-3-5-9-17(15)18/h2-9,13,18-20H,10-12H2,1H3,(H,24,26)(H,25,29)(H,27,28)/t13-,19+,20-/m0/s1. The topological polar surface area (TPSA) is 114 Å². The van der Waals surface area contributed by atoms with E-state index in [0.717, 1.165) is 22.3 Å². The molecule has 2 aromatic carbocycles. The zero-order valence-electron chi connectivity index (χ0n) is 17.0. The molecule has 0 bridgehead atoms. The third-order valence-electron chi connectivity index (χ3n) is 5.73. The van der Waals surface area contributed by atoms with Crippen molar-refractivity contribution in [1.29, 1.82) is 0 Å². The van der Waals surface area contributed by atoms with Crippen LogP contribution in [0.2, 0.25) is 0 Å². The molecule has 4 rings (SSSR count). The number of fused-ring (bicyclic) bond motifs is 3. The molecular formula is C23H24N2O6. The number of carboxylic acid groups (broad SMARTS) is 1. The van der Waals surface area contributed by atoms with E-state index in [1.165, 1.54) is 6.92 Å². The number of amides is 2. The van der Waals surface area contributed by atoms with Crippen LogP contribution in [-0.2, 0) is 19.1 Å². The summed E-state index contributed by atoms with van der Waals surface area (Å²) in [7, 11) is 0. The van der Waals surface area contributed by atoms with Gasteiger partial charge in [-0.05, 0) is 35.6 Å². The number of carboxylic acids is 1. The van der Waals surface area contributed by atoms with E-state index in [2.05, 4.69) is 22.8 Å². The molecule has 2 amide bonds. The zero-order valence-corrected chi connectivity index (χ0v) is 17.0. The molecule has 8 heteroatoms. The summed E-state index contributed by atoms with van der Waals surface area (Å²) in [4.78, 5) is 35.7. The number of hydrogen-bond donors (Lipinski definition) is 3. The van der Waals surface area contributed by atoms with Gasteiger partial charge in [0.05, 0.1) is 6.04 Å². The van der Waals surface area contributed by atoms with Crippen molar-refractivity contribution in [3.63, 3.8) is 0 Å². The number of carbonyl (C=O) groups is 3. The average Bonchev–Trinajstić information content (AvgIpc) is 3.34. The Kier molecular flexibility index (Phi) is 5.90. The first-order valence-corrected chi connectivity index (χ1v) is 10.2. The molecule has 0 radical (unpaired) electrons. The van der Waals surface area contributed by atoms with Crippen LogP contribution < -0.4 is 10.6 Å². The third kappa shape index (κ3) is 4.25. The molecule has 0 spiro atoms. The van der Waals surface area contributed by atoms with Crippen LogP contribution in [0.1, 0.15) is 30.4 Å². The van der Waals surface area contributed by atoms with Gasteiger partial charge >= 0.3 is 12.1 Å². The summed E-state index contributed by atoms with van der Waals surface area (Å²) in [5, 5.41) is 14.0. The smallest absolute Gasteiger partial charge is 0.407 e. The number of hydrogen-bond acceptors (Lipinski definition) is 5. The summed E-state index contributed by atoms with van der Waals surface area (Å²) >= 11 is 0. The highest BCUT2D eigenvalue weighted by molar-refractivity contribution is 5.87. The summed E-state index contributed by atoms with van der Waals surface area (Å²) in [6.07, 6.45) is -1.16. The lowest BCUT2D eigenvalue weighted by Crippen LogP contribution is -2.51. The maximum atomic E-state index is 12.5. The highest BCUT2D eigenvalue weighted by Crippen LogP contribution is 2.44. The van der Waals surface area contributed by atoms with Crippen molar-refractivity contribution in [1.82, 2.24) is 10.6 Å². The molecule has 1 heterocycles. The first-order chi connectivity index (χ1) is 15.0. The van der Waals surface area contributed by atoms with Crippen LogP contribution in [0, 0.1) is 0 Å². The molecule has 162 valence electrons. The van der Waals surface area contributed by atoms with E-state index in [1.807, 2.05) is 36.4 Å². The second-order valence-electron chi connectivity index (χ2n) is 7.72. The minimum Gasteiger partial charge on any atom is -0.480 e. The van der Waals surface area contributed by atoms with Gasteiger partial charge in [0.2, 0.25) is 0 Å². The minimum atomic E-state index is -1.15. The van der Waals surface area contributed by atoms with Gasteiger partial charge in [-0.25, -0.2) is 4.79 Å². The van der Waals surface area contributed by atoms with Crippen molar-refractivity contribution in [2.45, 2.75) is 37.5 Å². The Morgan fingerprint density at radius 3 is 2.32 bits per heavy atom. The lowest BCUT2D eigenvalue weighted by atomic mass is 9.98. The Bertz CT molecular complexity index is 962. The molecule has 31 heavy (non-hydrogen) atoms. The summed E-state index contributed by atoms with van der Waals surface area (Å²) in [5.74, 6) is -1.78. The maximum absolute atomic E-state index is 12.5. The lowest BCUT2D eigenvalue weighted by Gasteiger charge is -2.21. The van der Waals surface area contributed by atoms with Crippen molar-refractivity contribution < 1.29 is 29.0 Å². The predicted molar refractivity (Wildman–Crippen MR) is 112 cm³/mol. The van der Waals surface area contributed by atoms with Crippen LogP contribution >= 0.6 is 0 Å². The van der Waals surface area contributed by atoms with Gasteiger partial charge in [-0.1, -0.05) is 48.5 Å². The van der Waals surface area contributed by atoms with E-state index in [1.54, 1.807) is 0 Å². The summed E-state index contributed by atoms with van der Waals surface area (Å²) < 4.78 is 10.9. The molecule has 1 saturated heterocycles. The number of alkyl carbamates (subject to hydrolysis) is 1. The van der Waals surface area contributed by atoms with Gasteiger partial charge in [-0.15, -0.1) is 0 Å². The van der Waals surface area contributed by atoms with E-state index in [0.29, 0.717) is 6.42 Å². The fourth-order valence-corrected chi connectivity index (χ4v) is 4.14. The van der Waals surface area contributed by atoms with Crippen LogP contribution in [0.5, 0.6) is 0 Å². The normalized spacial score (nSPS) is 20.4. The highest BCUT2D eigenvalue weighted by atomic mass is 16.6. The number of nitrogens with one attached hydrogen (secondary N) is 2. The van der Waals surface area contributed by atoms with Crippen molar-refractivity contribution in [3.8, 4) is 11.1 Å². The van der Waals surface area contributed by atoms with Crippen molar-refractivity contribution in [2.75, 3.05) is 13.2 Å². The highest BCUT2D eigenvalue weighted by Gasteiger charge is 2.37. The molecule has 2 aliphatic rings. The quantitative estimate of drug-likeness (QED) is 0.656. The van der Waals surface area contributed by atoms with Crippen molar-refractivity contribution in [2.24, 2.45) is 0 Å². The molecule has 0 saturated carbocycles. The number of benzene rings is 2.